The molecule has 0 unspecified atom stereocenters. The average molecular weight is 180 g/mol. The van der Waals surface area contributed by atoms with Gasteiger partial charge in [-0.25, -0.2) is 0 Å². The minimum atomic E-state index is 0.713. The molecule has 0 fully saturated rings. The number of hydrogen-bond acceptors (Lipinski definition) is 3. The molecule has 0 bridgehead atoms. The summed E-state index contributed by atoms with van der Waals surface area (Å²) in [7, 11) is 7.18. The normalized spacial score (nSPS) is 9.54. The van der Waals surface area contributed by atoms with Crippen LogP contribution in [0.2, 0.25) is 0 Å². The van der Waals surface area contributed by atoms with Gasteiger partial charge in [0.25, 0.3) is 0 Å². The van der Waals surface area contributed by atoms with Crippen molar-refractivity contribution >= 4 is 5.69 Å². The summed E-state index contributed by atoms with van der Waals surface area (Å²) in [6, 6.07) is 6.62. The van der Waals surface area contributed by atoms with Crippen molar-refractivity contribution in [1.29, 1.82) is 0 Å². The Hall–Kier alpha value is -1.38. The van der Waals surface area contributed by atoms with E-state index in [1.54, 1.807) is 20.3 Å². The van der Waals surface area contributed by atoms with Crippen molar-refractivity contribution < 1.29 is 9.47 Å². The molecule has 71 valence electrons. The molecule has 0 saturated heterocycles. The number of nitrogens with zero attached hydrogens (tertiary/aromatic N) is 1. The number of hydrogen-bond donors (Lipinski definition) is 0. The van der Waals surface area contributed by atoms with Crippen LogP contribution in [0.1, 0.15) is 0 Å². The van der Waals surface area contributed by atoms with Crippen molar-refractivity contribution in [1.82, 2.24) is 0 Å². The first-order chi connectivity index (χ1) is 6.19. The van der Waals surface area contributed by atoms with E-state index >= 15 is 0 Å². The van der Waals surface area contributed by atoms with E-state index < -0.39 is 0 Å². The zero-order chi connectivity index (χ0) is 9.84. The minimum Gasteiger partial charge on any atom is -0.496 e. The van der Waals surface area contributed by atoms with Crippen LogP contribution in [0.4, 0.5) is 5.69 Å². The molecule has 0 aliphatic rings. The maximum atomic E-state index is 5.18. The molecule has 1 aromatic carbocycles. The van der Waals surface area contributed by atoms with Crippen LogP contribution in [0.5, 0.6) is 11.5 Å². The molecular weight excluding hydrogens is 166 g/mol. The summed E-state index contributed by atoms with van der Waals surface area (Å²) in [4.78, 5) is 1.97. The second-order valence-corrected chi connectivity index (χ2v) is 2.85. The van der Waals surface area contributed by atoms with Crippen molar-refractivity contribution in [2.75, 3.05) is 33.2 Å². The van der Waals surface area contributed by atoms with Gasteiger partial charge in [0.1, 0.15) is 11.5 Å². The number of anilines is 1. The molecule has 0 heterocycles. The summed E-state index contributed by atoms with van der Waals surface area (Å²) in [5.74, 6) is 1.51. The summed E-state index contributed by atoms with van der Waals surface area (Å²) in [5, 5.41) is 0. The lowest BCUT2D eigenvalue weighted by Crippen LogP contribution is -2.10. The van der Waals surface area contributed by atoms with Gasteiger partial charge < -0.3 is 14.4 Å². The summed E-state index contributed by atoms with van der Waals surface area (Å²) in [6.07, 6.45) is 0. The van der Waals surface area contributed by atoms with Crippen LogP contribution in [-0.2, 0) is 0 Å². The first-order valence-electron chi connectivity index (χ1n) is 4.00. The predicted octanol–water partition coefficient (Wildman–Crippen LogP) is 1.57. The number of methoxy groups -OCH3 is 2. The highest BCUT2D eigenvalue weighted by molar-refractivity contribution is 5.60. The van der Waals surface area contributed by atoms with Gasteiger partial charge in [0.2, 0.25) is 0 Å². The Morgan fingerprint density at radius 2 is 1.92 bits per heavy atom. The van der Waals surface area contributed by atoms with Crippen LogP contribution >= 0.6 is 0 Å². The molecule has 0 aliphatic carbocycles. The van der Waals surface area contributed by atoms with Crippen molar-refractivity contribution in [3.05, 3.63) is 18.2 Å². The predicted molar refractivity (Wildman–Crippen MR) is 52.7 cm³/mol. The third-order valence-electron chi connectivity index (χ3n) is 1.79. The third-order valence-corrected chi connectivity index (χ3v) is 1.79. The Kier molecular flexibility index (Phi) is 3.01. The zero-order valence-electron chi connectivity index (χ0n) is 8.42. The topological polar surface area (TPSA) is 21.7 Å². The SMILES string of the molecule is COc1[c]cc(OC)c(N(C)C)c1. The van der Waals surface area contributed by atoms with Crippen LogP contribution in [0, 0.1) is 6.07 Å². The van der Waals surface area contributed by atoms with Crippen LogP contribution in [0.15, 0.2) is 12.1 Å². The Labute approximate surface area is 78.9 Å². The Morgan fingerprint density at radius 3 is 2.38 bits per heavy atom. The molecule has 3 nitrogen and oxygen atoms in total. The Morgan fingerprint density at radius 1 is 1.23 bits per heavy atom. The highest BCUT2D eigenvalue weighted by Crippen LogP contribution is 2.30. The Bertz CT molecular complexity index is 284. The molecule has 3 heteroatoms. The molecule has 0 atom stereocenters. The summed E-state index contributed by atoms with van der Waals surface area (Å²) >= 11 is 0. The van der Waals surface area contributed by atoms with Crippen molar-refractivity contribution in [3.63, 3.8) is 0 Å². The Balaban J connectivity index is 3.10. The van der Waals surface area contributed by atoms with E-state index in [9.17, 15) is 0 Å². The first kappa shape index (κ1) is 9.71. The van der Waals surface area contributed by atoms with E-state index in [0.717, 1.165) is 11.4 Å². The summed E-state index contributed by atoms with van der Waals surface area (Å²) in [5.41, 5.74) is 0.984. The van der Waals surface area contributed by atoms with Gasteiger partial charge in [0.15, 0.2) is 0 Å². The lowest BCUT2D eigenvalue weighted by molar-refractivity contribution is 0.403. The summed E-state index contributed by atoms with van der Waals surface area (Å²) < 4.78 is 10.2. The monoisotopic (exact) mass is 180 g/mol. The van der Waals surface area contributed by atoms with Crippen molar-refractivity contribution in [2.24, 2.45) is 0 Å². The second-order valence-electron chi connectivity index (χ2n) is 2.85. The quantitative estimate of drug-likeness (QED) is 0.704. The molecule has 0 aromatic heterocycles. The fourth-order valence-electron chi connectivity index (χ4n) is 1.08. The lowest BCUT2D eigenvalue weighted by Gasteiger charge is -2.16. The molecule has 13 heavy (non-hydrogen) atoms. The van der Waals surface area contributed by atoms with Crippen LogP contribution in [0.25, 0.3) is 0 Å². The van der Waals surface area contributed by atoms with Gasteiger partial charge in [-0.3, -0.25) is 0 Å². The standard InChI is InChI=1S/C10H14NO2/c1-11(2)9-7-8(12-3)5-6-10(9)13-4/h6-7H,1-4H3. The minimum absolute atomic E-state index is 0.713. The van der Waals surface area contributed by atoms with E-state index in [0.29, 0.717) is 5.75 Å². The van der Waals surface area contributed by atoms with Gasteiger partial charge in [-0.2, -0.15) is 0 Å². The van der Waals surface area contributed by atoms with E-state index in [1.165, 1.54) is 0 Å². The first-order valence-corrected chi connectivity index (χ1v) is 4.00. The van der Waals surface area contributed by atoms with E-state index in [1.807, 2.05) is 25.1 Å². The number of ether oxygens (including phenoxy) is 2. The van der Waals surface area contributed by atoms with Gasteiger partial charge in [-0.1, -0.05) is 0 Å². The molecule has 0 aliphatic heterocycles. The fraction of sp³-hybridized carbons (Fsp3) is 0.400. The van der Waals surface area contributed by atoms with Gasteiger partial charge >= 0.3 is 0 Å². The van der Waals surface area contributed by atoms with E-state index in [4.69, 9.17) is 9.47 Å². The zero-order valence-corrected chi connectivity index (χ0v) is 8.42. The molecule has 1 aromatic rings. The van der Waals surface area contributed by atoms with Crippen LogP contribution in [-0.4, -0.2) is 28.3 Å². The van der Waals surface area contributed by atoms with Gasteiger partial charge in [0, 0.05) is 26.2 Å². The number of benzene rings is 1. The highest BCUT2D eigenvalue weighted by atomic mass is 16.5. The maximum Gasteiger partial charge on any atom is 0.143 e. The highest BCUT2D eigenvalue weighted by Gasteiger charge is 2.06. The van der Waals surface area contributed by atoms with Crippen LogP contribution in [0.3, 0.4) is 0 Å². The van der Waals surface area contributed by atoms with E-state index in [-0.39, 0.29) is 0 Å². The second kappa shape index (κ2) is 4.03. The van der Waals surface area contributed by atoms with Gasteiger partial charge in [0.05, 0.1) is 19.9 Å². The molecule has 1 radical (unpaired) electrons. The largest absolute Gasteiger partial charge is 0.496 e. The molecule has 1 rings (SSSR count). The van der Waals surface area contributed by atoms with Gasteiger partial charge in [-0.05, 0) is 6.07 Å². The lowest BCUT2D eigenvalue weighted by atomic mass is 10.2. The third kappa shape index (κ3) is 2.05. The molecule has 0 saturated carbocycles. The molecule has 0 amide bonds. The number of rotatable bonds is 3. The smallest absolute Gasteiger partial charge is 0.143 e. The maximum absolute atomic E-state index is 5.18. The average Bonchev–Trinajstić information content (AvgIpc) is 2.16. The molecular formula is C10H14NO2. The van der Waals surface area contributed by atoms with Gasteiger partial charge in [-0.15, -0.1) is 0 Å². The van der Waals surface area contributed by atoms with E-state index in [2.05, 4.69) is 6.07 Å². The van der Waals surface area contributed by atoms with Crippen molar-refractivity contribution in [2.45, 2.75) is 0 Å². The van der Waals surface area contributed by atoms with Crippen molar-refractivity contribution in [3.8, 4) is 11.5 Å². The van der Waals surface area contributed by atoms with Crippen LogP contribution < -0.4 is 14.4 Å². The molecule has 0 N–H and O–H groups in total. The summed E-state index contributed by atoms with van der Waals surface area (Å²) in [6.45, 7) is 0. The molecule has 0 spiro atoms. The fourth-order valence-corrected chi connectivity index (χ4v) is 1.08.